The number of rotatable bonds is 20. The molecule has 35 heavy (non-hydrogen) atoms. The first kappa shape index (κ1) is 31.2. The minimum absolute atomic E-state index is 0.0404. The van der Waals surface area contributed by atoms with Crippen LogP contribution in [0.4, 0.5) is 0 Å². The molecule has 0 spiro atoms. The minimum Gasteiger partial charge on any atom is -0.466 e. The van der Waals surface area contributed by atoms with Crippen LogP contribution >= 0.6 is 0 Å². The van der Waals surface area contributed by atoms with E-state index >= 15 is 0 Å². The minimum atomic E-state index is -0.405. The average molecular weight is 489 g/mol. The van der Waals surface area contributed by atoms with Gasteiger partial charge in [0, 0.05) is 0 Å². The molecule has 4 heteroatoms. The van der Waals surface area contributed by atoms with Gasteiger partial charge >= 0.3 is 11.9 Å². The Morgan fingerprint density at radius 2 is 1.06 bits per heavy atom. The molecule has 1 aromatic rings. The molecule has 200 valence electrons. The van der Waals surface area contributed by atoms with Gasteiger partial charge in [0.2, 0.25) is 0 Å². The lowest BCUT2D eigenvalue weighted by Gasteiger charge is -2.18. The fourth-order valence-electron chi connectivity index (χ4n) is 4.14. The number of benzene rings is 1. The predicted octanol–water partition coefficient (Wildman–Crippen LogP) is 9.08. The lowest BCUT2D eigenvalue weighted by Crippen LogP contribution is -2.13. The van der Waals surface area contributed by atoms with Crippen LogP contribution < -0.4 is 4.74 Å². The Labute approximate surface area is 215 Å². The van der Waals surface area contributed by atoms with Crippen molar-refractivity contribution in [2.45, 2.75) is 142 Å². The maximum atomic E-state index is 12.0. The van der Waals surface area contributed by atoms with Gasteiger partial charge in [0.1, 0.15) is 5.75 Å². The molecule has 1 aromatic carbocycles. The number of ether oxygens (including phenoxy) is 2. The molecule has 0 aliphatic heterocycles. The second-order valence-corrected chi connectivity index (χ2v) is 10.9. The van der Waals surface area contributed by atoms with E-state index in [9.17, 15) is 9.59 Å². The van der Waals surface area contributed by atoms with Crippen molar-refractivity contribution in [2.75, 3.05) is 6.61 Å². The number of carbonyl (C=O) groups is 2. The summed E-state index contributed by atoms with van der Waals surface area (Å²) in [5.41, 5.74) is 1.23. The van der Waals surface area contributed by atoms with Crippen molar-refractivity contribution >= 4 is 11.9 Å². The SMILES string of the molecule is CCCCCCCCCCCCCCCCCOC(=O)CCC(=O)Oc1ccc(C(C)(C)C)cc1. The van der Waals surface area contributed by atoms with Crippen molar-refractivity contribution in [3.63, 3.8) is 0 Å². The van der Waals surface area contributed by atoms with Crippen molar-refractivity contribution in [2.24, 2.45) is 0 Å². The molecule has 0 radical (unpaired) electrons. The van der Waals surface area contributed by atoms with E-state index in [2.05, 4.69) is 27.7 Å². The third-order valence-electron chi connectivity index (χ3n) is 6.50. The summed E-state index contributed by atoms with van der Waals surface area (Å²) in [7, 11) is 0. The molecular formula is C31H52O4. The summed E-state index contributed by atoms with van der Waals surface area (Å²) in [6.07, 6.45) is 19.8. The van der Waals surface area contributed by atoms with Crippen LogP contribution in [0.25, 0.3) is 0 Å². The Bertz CT molecular complexity index is 672. The van der Waals surface area contributed by atoms with E-state index in [1.807, 2.05) is 12.1 Å². The van der Waals surface area contributed by atoms with Gasteiger partial charge in [-0.05, 0) is 29.5 Å². The summed E-state index contributed by atoms with van der Waals surface area (Å²) >= 11 is 0. The highest BCUT2D eigenvalue weighted by molar-refractivity contribution is 5.79. The number of carbonyl (C=O) groups excluding carboxylic acids is 2. The molecule has 0 amide bonds. The highest BCUT2D eigenvalue weighted by Crippen LogP contribution is 2.24. The smallest absolute Gasteiger partial charge is 0.311 e. The lowest BCUT2D eigenvalue weighted by molar-refractivity contribution is -0.147. The molecular weight excluding hydrogens is 436 g/mol. The Hall–Kier alpha value is -1.84. The normalized spacial score (nSPS) is 11.4. The fourth-order valence-corrected chi connectivity index (χ4v) is 4.14. The average Bonchev–Trinajstić information content (AvgIpc) is 2.82. The molecule has 0 atom stereocenters. The van der Waals surface area contributed by atoms with Crippen LogP contribution in [-0.2, 0) is 19.7 Å². The monoisotopic (exact) mass is 488 g/mol. The van der Waals surface area contributed by atoms with Gasteiger partial charge < -0.3 is 9.47 Å². The Kier molecular flexibility index (Phi) is 17.3. The van der Waals surface area contributed by atoms with E-state index in [1.54, 1.807) is 12.1 Å². The fraction of sp³-hybridized carbons (Fsp3) is 0.742. The molecule has 0 saturated heterocycles. The van der Waals surface area contributed by atoms with Crippen molar-refractivity contribution < 1.29 is 19.1 Å². The molecule has 0 bridgehead atoms. The summed E-state index contributed by atoms with van der Waals surface area (Å²) in [5, 5.41) is 0. The van der Waals surface area contributed by atoms with Gasteiger partial charge in [0.25, 0.3) is 0 Å². The zero-order valence-electron chi connectivity index (χ0n) is 23.2. The summed E-state index contributed by atoms with van der Waals surface area (Å²) in [6.45, 7) is 9.13. The van der Waals surface area contributed by atoms with E-state index in [-0.39, 0.29) is 24.2 Å². The summed E-state index contributed by atoms with van der Waals surface area (Å²) in [4.78, 5) is 23.9. The first-order chi connectivity index (χ1) is 16.8. The van der Waals surface area contributed by atoms with Gasteiger partial charge in [-0.1, -0.05) is 130 Å². The van der Waals surface area contributed by atoms with Crippen LogP contribution in [0.5, 0.6) is 5.75 Å². The van der Waals surface area contributed by atoms with E-state index < -0.39 is 5.97 Å². The van der Waals surface area contributed by atoms with Crippen LogP contribution in [0, 0.1) is 0 Å². The van der Waals surface area contributed by atoms with E-state index in [4.69, 9.17) is 9.47 Å². The standard InChI is InChI=1S/C31H52O4/c1-5-6-7-8-9-10-11-12-13-14-15-16-17-18-19-26-34-29(32)24-25-30(33)35-28-22-20-27(21-23-28)31(2,3)4/h20-23H,5-19,24-26H2,1-4H3. The quantitative estimate of drug-likeness (QED) is 0.104. The molecule has 0 unspecified atom stereocenters. The van der Waals surface area contributed by atoms with Gasteiger partial charge in [-0.3, -0.25) is 9.59 Å². The van der Waals surface area contributed by atoms with Crippen LogP contribution in [0.3, 0.4) is 0 Å². The van der Waals surface area contributed by atoms with Crippen LogP contribution in [0.2, 0.25) is 0 Å². The van der Waals surface area contributed by atoms with Gasteiger partial charge in [-0.2, -0.15) is 0 Å². The molecule has 0 saturated carbocycles. The number of unbranched alkanes of at least 4 members (excludes halogenated alkanes) is 14. The Balaban J connectivity index is 1.92. The van der Waals surface area contributed by atoms with Crippen molar-refractivity contribution in [3.05, 3.63) is 29.8 Å². The highest BCUT2D eigenvalue weighted by Gasteiger charge is 2.14. The molecule has 0 fully saturated rings. The van der Waals surface area contributed by atoms with E-state index in [0.29, 0.717) is 12.4 Å². The molecule has 0 heterocycles. The number of esters is 2. The highest BCUT2D eigenvalue weighted by atomic mass is 16.5. The largest absolute Gasteiger partial charge is 0.466 e. The molecule has 0 aliphatic rings. The first-order valence-electron chi connectivity index (χ1n) is 14.3. The molecule has 0 N–H and O–H groups in total. The first-order valence-corrected chi connectivity index (χ1v) is 14.3. The second kappa shape index (κ2) is 19.4. The molecule has 0 aromatic heterocycles. The third-order valence-corrected chi connectivity index (χ3v) is 6.50. The number of hydrogen-bond donors (Lipinski definition) is 0. The predicted molar refractivity (Wildman–Crippen MR) is 146 cm³/mol. The van der Waals surface area contributed by atoms with Crippen molar-refractivity contribution in [3.8, 4) is 5.75 Å². The van der Waals surface area contributed by atoms with Gasteiger partial charge in [-0.15, -0.1) is 0 Å². The van der Waals surface area contributed by atoms with Gasteiger partial charge in [0.15, 0.2) is 0 Å². The van der Waals surface area contributed by atoms with Crippen molar-refractivity contribution in [1.82, 2.24) is 0 Å². The lowest BCUT2D eigenvalue weighted by atomic mass is 9.87. The molecule has 1 rings (SSSR count). The molecule has 4 nitrogen and oxygen atoms in total. The topological polar surface area (TPSA) is 52.6 Å². The third kappa shape index (κ3) is 17.3. The zero-order chi connectivity index (χ0) is 25.8. The van der Waals surface area contributed by atoms with Gasteiger partial charge in [-0.25, -0.2) is 0 Å². The Morgan fingerprint density at radius 3 is 1.51 bits per heavy atom. The van der Waals surface area contributed by atoms with Crippen LogP contribution in [-0.4, -0.2) is 18.5 Å². The number of hydrogen-bond acceptors (Lipinski definition) is 4. The zero-order valence-corrected chi connectivity index (χ0v) is 23.2. The van der Waals surface area contributed by atoms with Crippen LogP contribution in [0.1, 0.15) is 142 Å². The second-order valence-electron chi connectivity index (χ2n) is 10.9. The summed E-state index contributed by atoms with van der Waals surface area (Å²) in [6, 6.07) is 7.53. The van der Waals surface area contributed by atoms with Crippen molar-refractivity contribution in [1.29, 1.82) is 0 Å². The van der Waals surface area contributed by atoms with Gasteiger partial charge in [0.05, 0.1) is 19.4 Å². The Morgan fingerprint density at radius 1 is 0.629 bits per heavy atom. The summed E-state index contributed by atoms with van der Waals surface area (Å²) in [5.74, 6) is -0.220. The van der Waals surface area contributed by atoms with Crippen LogP contribution in [0.15, 0.2) is 24.3 Å². The van der Waals surface area contributed by atoms with E-state index in [1.165, 1.54) is 89.0 Å². The summed E-state index contributed by atoms with van der Waals surface area (Å²) < 4.78 is 10.6. The van der Waals surface area contributed by atoms with E-state index in [0.717, 1.165) is 12.8 Å². The molecule has 0 aliphatic carbocycles. The maximum Gasteiger partial charge on any atom is 0.311 e. The maximum absolute atomic E-state index is 12.0.